The minimum Gasteiger partial charge on any atom is -0.478 e. The van der Waals surface area contributed by atoms with Crippen LogP contribution in [0.2, 0.25) is 5.02 Å². The van der Waals surface area contributed by atoms with Gasteiger partial charge in [-0.3, -0.25) is 9.69 Å². The van der Waals surface area contributed by atoms with E-state index in [-0.39, 0.29) is 22.1 Å². The Bertz CT molecular complexity index is 1340. The number of thioether (sulfide) groups is 1. The predicted molar refractivity (Wildman–Crippen MR) is 125 cm³/mol. The van der Waals surface area contributed by atoms with Crippen LogP contribution in [0.25, 0.3) is 17.4 Å². The van der Waals surface area contributed by atoms with Crippen LogP contribution in [0.5, 0.6) is 0 Å². The number of carboxylic acids is 2. The number of carboxylic acid groups (broad SMARTS) is 2. The average Bonchev–Trinajstić information content (AvgIpc) is 3.35. The molecule has 4 rings (SSSR count). The lowest BCUT2D eigenvalue weighted by atomic mass is 10.1. The lowest BCUT2D eigenvalue weighted by Gasteiger charge is -2.07. The Hall–Kier alpha value is -3.82. The molecule has 0 radical (unpaired) electrons. The summed E-state index contributed by atoms with van der Waals surface area (Å²) in [5.74, 6) is -1.60. The number of carbonyl (C=O) groups excluding carboxylic acids is 1. The summed E-state index contributed by atoms with van der Waals surface area (Å²) in [4.78, 5) is 41.1. The number of hydrogen-bond acceptors (Lipinski definition) is 6. The molecule has 10 heteroatoms. The Morgan fingerprint density at radius 3 is 2.45 bits per heavy atom. The van der Waals surface area contributed by atoms with Gasteiger partial charge < -0.3 is 14.6 Å². The summed E-state index contributed by atoms with van der Waals surface area (Å²) in [6.07, 6.45) is 1.58. The standard InChI is InChI=1S/C23H15ClN2O6S/c1-26-20(27)19(33-23(26)25-14-5-2-12(3-6-14)21(28)29)11-15-7-9-18(32-15)13-4-8-17(24)16(10-13)22(30)31/h2-11H,1H3,(H,28,29)(H,30,31)/b19-11-,25-23?. The predicted octanol–water partition coefficient (Wildman–Crippen LogP) is 5.23. The van der Waals surface area contributed by atoms with Crippen molar-refractivity contribution in [3.8, 4) is 11.3 Å². The molecule has 2 aromatic carbocycles. The molecule has 1 amide bonds. The molecule has 33 heavy (non-hydrogen) atoms. The second kappa shape index (κ2) is 8.97. The van der Waals surface area contributed by atoms with Crippen molar-refractivity contribution >= 4 is 58.1 Å². The maximum atomic E-state index is 12.6. The molecule has 0 atom stereocenters. The first kappa shape index (κ1) is 22.4. The average molecular weight is 483 g/mol. The van der Waals surface area contributed by atoms with Crippen molar-refractivity contribution in [2.24, 2.45) is 4.99 Å². The molecule has 0 aliphatic carbocycles. The van der Waals surface area contributed by atoms with Gasteiger partial charge in [-0.05, 0) is 66.4 Å². The molecule has 3 aromatic rings. The van der Waals surface area contributed by atoms with Crippen molar-refractivity contribution in [3.05, 3.63) is 81.4 Å². The first-order chi connectivity index (χ1) is 15.7. The zero-order valence-corrected chi connectivity index (χ0v) is 18.6. The molecule has 2 heterocycles. The number of halogens is 1. The van der Waals surface area contributed by atoms with Crippen LogP contribution in [0.1, 0.15) is 26.5 Å². The third kappa shape index (κ3) is 4.69. The number of carbonyl (C=O) groups is 3. The highest BCUT2D eigenvalue weighted by Gasteiger charge is 2.30. The second-order valence-electron chi connectivity index (χ2n) is 6.92. The lowest BCUT2D eigenvalue weighted by molar-refractivity contribution is -0.121. The quantitative estimate of drug-likeness (QED) is 0.477. The molecule has 1 aliphatic heterocycles. The highest BCUT2D eigenvalue weighted by molar-refractivity contribution is 8.18. The summed E-state index contributed by atoms with van der Waals surface area (Å²) in [7, 11) is 1.59. The monoisotopic (exact) mass is 482 g/mol. The number of aliphatic imine (C=N–C) groups is 1. The van der Waals surface area contributed by atoms with Crippen LogP contribution in [0.4, 0.5) is 5.69 Å². The maximum absolute atomic E-state index is 12.6. The number of rotatable bonds is 5. The van der Waals surface area contributed by atoms with E-state index in [1.165, 1.54) is 29.2 Å². The maximum Gasteiger partial charge on any atom is 0.337 e. The van der Waals surface area contributed by atoms with E-state index in [0.29, 0.717) is 32.8 Å². The molecular formula is C23H15ClN2O6S. The number of likely N-dealkylation sites (N-methyl/N-ethyl adjacent to an activating group) is 1. The van der Waals surface area contributed by atoms with E-state index >= 15 is 0 Å². The largest absolute Gasteiger partial charge is 0.478 e. The van der Waals surface area contributed by atoms with Gasteiger partial charge in [0.15, 0.2) is 5.17 Å². The summed E-state index contributed by atoms with van der Waals surface area (Å²) < 4.78 is 5.79. The Balaban J connectivity index is 1.57. The van der Waals surface area contributed by atoms with Crippen molar-refractivity contribution in [2.45, 2.75) is 0 Å². The molecule has 1 aromatic heterocycles. The molecule has 1 fully saturated rings. The SMILES string of the molecule is CN1C(=O)/C(=C/c2ccc(-c3ccc(Cl)c(C(=O)O)c3)o2)SC1=Nc1ccc(C(=O)O)cc1. The second-order valence-corrected chi connectivity index (χ2v) is 8.34. The van der Waals surface area contributed by atoms with Gasteiger partial charge >= 0.3 is 11.9 Å². The van der Waals surface area contributed by atoms with E-state index in [4.69, 9.17) is 21.1 Å². The fraction of sp³-hybridized carbons (Fsp3) is 0.0435. The fourth-order valence-corrected chi connectivity index (χ4v) is 4.16. The Labute approximate surface area is 196 Å². The Morgan fingerprint density at radius 1 is 1.06 bits per heavy atom. The summed E-state index contributed by atoms with van der Waals surface area (Å²) in [5.41, 5.74) is 1.16. The number of amidine groups is 1. The van der Waals surface area contributed by atoms with Gasteiger partial charge in [0, 0.05) is 18.7 Å². The first-order valence-electron chi connectivity index (χ1n) is 9.45. The van der Waals surface area contributed by atoms with Crippen molar-refractivity contribution in [1.82, 2.24) is 4.90 Å². The van der Waals surface area contributed by atoms with Crippen LogP contribution in [0.3, 0.4) is 0 Å². The van der Waals surface area contributed by atoms with Crippen molar-refractivity contribution < 1.29 is 29.0 Å². The highest BCUT2D eigenvalue weighted by atomic mass is 35.5. The number of nitrogens with zero attached hydrogens (tertiary/aromatic N) is 2. The zero-order valence-electron chi connectivity index (χ0n) is 17.0. The third-order valence-corrected chi connectivity index (χ3v) is 6.11. The van der Waals surface area contributed by atoms with E-state index in [2.05, 4.69) is 4.99 Å². The van der Waals surface area contributed by atoms with E-state index in [9.17, 15) is 19.5 Å². The van der Waals surface area contributed by atoms with Gasteiger partial charge in [-0.2, -0.15) is 0 Å². The number of benzene rings is 2. The van der Waals surface area contributed by atoms with Gasteiger partial charge in [-0.25, -0.2) is 14.6 Å². The summed E-state index contributed by atoms with van der Waals surface area (Å²) in [6, 6.07) is 13.9. The Morgan fingerprint density at radius 2 is 1.79 bits per heavy atom. The number of furan rings is 1. The lowest BCUT2D eigenvalue weighted by Crippen LogP contribution is -2.23. The molecule has 0 unspecified atom stereocenters. The van der Waals surface area contributed by atoms with E-state index in [0.717, 1.165) is 11.8 Å². The van der Waals surface area contributed by atoms with Crippen LogP contribution < -0.4 is 0 Å². The number of aromatic carboxylic acids is 2. The normalized spacial score (nSPS) is 16.1. The van der Waals surface area contributed by atoms with Crippen LogP contribution in [0, 0.1) is 0 Å². The zero-order chi connectivity index (χ0) is 23.7. The van der Waals surface area contributed by atoms with Gasteiger partial charge in [-0.15, -0.1) is 0 Å². The van der Waals surface area contributed by atoms with Gasteiger partial charge in [0.2, 0.25) is 0 Å². The minimum absolute atomic E-state index is 0.0362. The molecule has 0 spiro atoms. The number of amides is 1. The molecule has 2 N–H and O–H groups in total. The van der Waals surface area contributed by atoms with E-state index in [1.807, 2.05) is 0 Å². The van der Waals surface area contributed by atoms with Gasteiger partial charge in [-0.1, -0.05) is 11.6 Å². The highest BCUT2D eigenvalue weighted by Crippen LogP contribution is 2.34. The minimum atomic E-state index is -1.14. The van der Waals surface area contributed by atoms with E-state index < -0.39 is 11.9 Å². The number of hydrogen-bond donors (Lipinski definition) is 2. The van der Waals surface area contributed by atoms with Crippen molar-refractivity contribution in [1.29, 1.82) is 0 Å². The van der Waals surface area contributed by atoms with Crippen LogP contribution in [0.15, 0.2) is 68.9 Å². The van der Waals surface area contributed by atoms with Crippen LogP contribution in [-0.4, -0.2) is 45.2 Å². The van der Waals surface area contributed by atoms with Gasteiger partial charge in [0.05, 0.1) is 26.7 Å². The smallest absolute Gasteiger partial charge is 0.337 e. The third-order valence-electron chi connectivity index (χ3n) is 4.72. The van der Waals surface area contributed by atoms with Crippen LogP contribution >= 0.6 is 23.4 Å². The summed E-state index contributed by atoms with van der Waals surface area (Å²) in [5, 5.41) is 18.8. The summed E-state index contributed by atoms with van der Waals surface area (Å²) >= 11 is 7.07. The van der Waals surface area contributed by atoms with Crippen LogP contribution in [-0.2, 0) is 4.79 Å². The van der Waals surface area contributed by atoms with Crippen molar-refractivity contribution in [2.75, 3.05) is 7.05 Å². The molecule has 0 saturated carbocycles. The van der Waals surface area contributed by atoms with Gasteiger partial charge in [0.25, 0.3) is 5.91 Å². The molecule has 1 aliphatic rings. The topological polar surface area (TPSA) is 120 Å². The fourth-order valence-electron chi connectivity index (χ4n) is 3.00. The van der Waals surface area contributed by atoms with Crippen molar-refractivity contribution in [3.63, 3.8) is 0 Å². The molecule has 166 valence electrons. The molecule has 0 bridgehead atoms. The first-order valence-corrected chi connectivity index (χ1v) is 10.6. The van der Waals surface area contributed by atoms with E-state index in [1.54, 1.807) is 43.5 Å². The summed E-state index contributed by atoms with van der Waals surface area (Å²) in [6.45, 7) is 0. The molecular weight excluding hydrogens is 468 g/mol. The molecule has 8 nitrogen and oxygen atoms in total. The Kier molecular flexibility index (Phi) is 6.08. The molecule has 1 saturated heterocycles. The van der Waals surface area contributed by atoms with Gasteiger partial charge in [0.1, 0.15) is 11.5 Å².